The highest BCUT2D eigenvalue weighted by atomic mass is 35.5. The quantitative estimate of drug-likeness (QED) is 0.387. The summed E-state index contributed by atoms with van der Waals surface area (Å²) in [6.07, 6.45) is 3.49. The molecule has 2 rings (SSSR count). The van der Waals surface area contributed by atoms with Crippen molar-refractivity contribution in [1.82, 2.24) is 10.6 Å². The number of hydrogen-bond donors (Lipinski definition) is 3. The summed E-state index contributed by atoms with van der Waals surface area (Å²) in [6, 6.07) is 7.38. The van der Waals surface area contributed by atoms with Gasteiger partial charge in [0.25, 0.3) is 0 Å². The molecule has 7 heteroatoms. The molecule has 2 aromatic heterocycles. The first-order valence-electron chi connectivity index (χ1n) is 7.28. The van der Waals surface area contributed by atoms with Crippen molar-refractivity contribution >= 4 is 28.9 Å². The van der Waals surface area contributed by atoms with Crippen molar-refractivity contribution in [1.29, 1.82) is 0 Å². The van der Waals surface area contributed by atoms with Gasteiger partial charge >= 0.3 is 0 Å². The van der Waals surface area contributed by atoms with E-state index in [0.717, 1.165) is 17.1 Å². The Balaban J connectivity index is 1.86. The number of hydrogen-bond acceptors (Lipinski definition) is 4. The molecule has 1 atom stereocenters. The van der Waals surface area contributed by atoms with Gasteiger partial charge in [-0.2, -0.15) is 0 Å². The third kappa shape index (κ3) is 6.09. The first kappa shape index (κ1) is 17.6. The number of nitrogens with zero attached hydrogens (tertiary/aromatic N) is 1. The Labute approximate surface area is 144 Å². The molecular weight excluding hydrogens is 334 g/mol. The maximum Gasteiger partial charge on any atom is 0.191 e. The lowest BCUT2D eigenvalue weighted by Gasteiger charge is -2.12. The average molecular weight is 354 g/mol. The summed E-state index contributed by atoms with van der Waals surface area (Å²) in [7, 11) is 0. The van der Waals surface area contributed by atoms with E-state index in [1.807, 2.05) is 18.2 Å². The SMILES string of the molecule is C=CCNC(=NCC(O)c1ccc(Cl)s1)NCCc1ccco1. The minimum absolute atomic E-state index is 0.254. The van der Waals surface area contributed by atoms with Gasteiger partial charge in [0.05, 0.1) is 17.1 Å². The van der Waals surface area contributed by atoms with E-state index in [2.05, 4.69) is 22.2 Å². The number of aliphatic imine (C=N–C) groups is 1. The topological polar surface area (TPSA) is 69.8 Å². The van der Waals surface area contributed by atoms with Gasteiger partial charge in [0.15, 0.2) is 5.96 Å². The van der Waals surface area contributed by atoms with Crippen LogP contribution in [0.2, 0.25) is 4.34 Å². The molecule has 0 aliphatic carbocycles. The van der Waals surface area contributed by atoms with E-state index in [4.69, 9.17) is 16.0 Å². The van der Waals surface area contributed by atoms with E-state index >= 15 is 0 Å². The number of nitrogens with one attached hydrogen (secondary N) is 2. The second-order valence-electron chi connectivity index (χ2n) is 4.77. The summed E-state index contributed by atoms with van der Waals surface area (Å²) >= 11 is 7.24. The summed E-state index contributed by atoms with van der Waals surface area (Å²) in [5, 5.41) is 16.5. The lowest BCUT2D eigenvalue weighted by atomic mass is 10.3. The predicted molar refractivity (Wildman–Crippen MR) is 95.2 cm³/mol. The number of halogens is 1. The molecule has 23 heavy (non-hydrogen) atoms. The third-order valence-electron chi connectivity index (χ3n) is 3.00. The van der Waals surface area contributed by atoms with Gasteiger partial charge in [0.1, 0.15) is 11.9 Å². The van der Waals surface area contributed by atoms with Gasteiger partial charge in [-0.3, -0.25) is 4.99 Å². The van der Waals surface area contributed by atoms with Crippen LogP contribution in [0.3, 0.4) is 0 Å². The first-order valence-corrected chi connectivity index (χ1v) is 8.47. The fourth-order valence-corrected chi connectivity index (χ4v) is 2.92. The smallest absolute Gasteiger partial charge is 0.191 e. The molecular formula is C16H20ClN3O2S. The van der Waals surface area contributed by atoms with Crippen molar-refractivity contribution < 1.29 is 9.52 Å². The molecule has 0 bridgehead atoms. The van der Waals surface area contributed by atoms with E-state index in [1.54, 1.807) is 18.4 Å². The van der Waals surface area contributed by atoms with E-state index < -0.39 is 6.10 Å². The summed E-state index contributed by atoms with van der Waals surface area (Å²) in [5.41, 5.74) is 0. The Morgan fingerprint density at radius 1 is 1.43 bits per heavy atom. The van der Waals surface area contributed by atoms with Crippen LogP contribution in [0.5, 0.6) is 0 Å². The number of aliphatic hydroxyl groups is 1. The molecule has 0 saturated carbocycles. The van der Waals surface area contributed by atoms with Crippen LogP contribution in [0.4, 0.5) is 0 Å². The Bertz CT molecular complexity index is 625. The zero-order valence-corrected chi connectivity index (χ0v) is 14.2. The minimum atomic E-state index is -0.667. The van der Waals surface area contributed by atoms with Gasteiger partial charge in [0.2, 0.25) is 0 Å². The molecule has 0 aliphatic rings. The highest BCUT2D eigenvalue weighted by molar-refractivity contribution is 7.16. The van der Waals surface area contributed by atoms with Crippen molar-refractivity contribution in [3.05, 3.63) is 58.2 Å². The van der Waals surface area contributed by atoms with Crippen LogP contribution >= 0.6 is 22.9 Å². The summed E-state index contributed by atoms with van der Waals surface area (Å²) in [5.74, 6) is 1.53. The first-order chi connectivity index (χ1) is 11.2. The van der Waals surface area contributed by atoms with E-state index in [9.17, 15) is 5.11 Å². The number of furan rings is 1. The van der Waals surface area contributed by atoms with Crippen LogP contribution in [-0.2, 0) is 6.42 Å². The second kappa shape index (κ2) is 9.39. The largest absolute Gasteiger partial charge is 0.469 e. The maximum atomic E-state index is 10.1. The summed E-state index contributed by atoms with van der Waals surface area (Å²) in [6.45, 7) is 5.20. The Morgan fingerprint density at radius 2 is 2.30 bits per heavy atom. The Morgan fingerprint density at radius 3 is 2.96 bits per heavy atom. The Kier molecular flexibility index (Phi) is 7.19. The number of aliphatic hydroxyl groups excluding tert-OH is 1. The van der Waals surface area contributed by atoms with Crippen LogP contribution in [0, 0.1) is 0 Å². The van der Waals surface area contributed by atoms with Gasteiger partial charge in [-0.1, -0.05) is 17.7 Å². The highest BCUT2D eigenvalue weighted by Crippen LogP contribution is 2.26. The fraction of sp³-hybridized carbons (Fsp3) is 0.312. The highest BCUT2D eigenvalue weighted by Gasteiger charge is 2.10. The van der Waals surface area contributed by atoms with Gasteiger partial charge < -0.3 is 20.2 Å². The lowest BCUT2D eigenvalue weighted by Crippen LogP contribution is -2.38. The number of rotatable bonds is 8. The molecule has 0 aliphatic heterocycles. The zero-order valence-electron chi connectivity index (χ0n) is 12.7. The van der Waals surface area contributed by atoms with Gasteiger partial charge in [-0.15, -0.1) is 17.9 Å². The molecule has 1 unspecified atom stereocenters. The molecule has 0 saturated heterocycles. The van der Waals surface area contributed by atoms with E-state index in [1.165, 1.54) is 11.3 Å². The molecule has 2 aromatic rings. The van der Waals surface area contributed by atoms with Gasteiger partial charge in [-0.25, -0.2) is 0 Å². The normalized spacial score (nSPS) is 12.9. The van der Waals surface area contributed by atoms with Gasteiger partial charge in [-0.05, 0) is 24.3 Å². The number of guanidine groups is 1. The van der Waals surface area contributed by atoms with Crippen LogP contribution in [-0.4, -0.2) is 30.7 Å². The molecule has 124 valence electrons. The van der Waals surface area contributed by atoms with E-state index in [0.29, 0.717) is 23.4 Å². The van der Waals surface area contributed by atoms with Crippen molar-refractivity contribution in [3.63, 3.8) is 0 Å². The summed E-state index contributed by atoms with van der Waals surface area (Å²) in [4.78, 5) is 5.20. The Hall–Kier alpha value is -1.76. The predicted octanol–water partition coefficient (Wildman–Crippen LogP) is 2.99. The van der Waals surface area contributed by atoms with Crippen molar-refractivity contribution in [2.45, 2.75) is 12.5 Å². The van der Waals surface area contributed by atoms with Crippen LogP contribution in [0.25, 0.3) is 0 Å². The fourth-order valence-electron chi connectivity index (χ4n) is 1.88. The molecule has 0 fully saturated rings. The van der Waals surface area contributed by atoms with E-state index in [-0.39, 0.29) is 6.54 Å². The van der Waals surface area contributed by atoms with Crippen LogP contribution < -0.4 is 10.6 Å². The molecule has 5 nitrogen and oxygen atoms in total. The lowest BCUT2D eigenvalue weighted by molar-refractivity contribution is 0.191. The van der Waals surface area contributed by atoms with Crippen molar-refractivity contribution in [2.75, 3.05) is 19.6 Å². The molecule has 2 heterocycles. The molecule has 0 amide bonds. The zero-order chi connectivity index (χ0) is 16.5. The second-order valence-corrected chi connectivity index (χ2v) is 6.52. The third-order valence-corrected chi connectivity index (χ3v) is 4.33. The van der Waals surface area contributed by atoms with Crippen molar-refractivity contribution in [2.24, 2.45) is 4.99 Å². The average Bonchev–Trinajstić information content (AvgIpc) is 3.20. The van der Waals surface area contributed by atoms with Crippen LogP contribution in [0.1, 0.15) is 16.7 Å². The minimum Gasteiger partial charge on any atom is -0.469 e. The standard InChI is InChI=1S/C16H20ClN3O2S/c1-2-8-18-16(19-9-7-12-4-3-10-22-12)20-11-13(21)14-5-6-15(17)23-14/h2-6,10,13,21H,1,7-9,11H2,(H2,18,19,20). The molecule has 0 spiro atoms. The van der Waals surface area contributed by atoms with Crippen molar-refractivity contribution in [3.8, 4) is 0 Å². The van der Waals surface area contributed by atoms with Crippen LogP contribution in [0.15, 0.2) is 52.6 Å². The maximum absolute atomic E-state index is 10.1. The molecule has 0 radical (unpaired) electrons. The summed E-state index contributed by atoms with van der Waals surface area (Å²) < 4.78 is 5.94. The number of thiophene rings is 1. The molecule has 0 aromatic carbocycles. The monoisotopic (exact) mass is 353 g/mol. The molecule has 3 N–H and O–H groups in total. The van der Waals surface area contributed by atoms with Gasteiger partial charge in [0, 0.05) is 24.4 Å².